The van der Waals surface area contributed by atoms with Crippen LogP contribution in [0.2, 0.25) is 5.02 Å². The number of nitrogens with zero attached hydrogens (tertiary/aromatic N) is 3. The molecule has 134 valence electrons. The second-order valence-corrected chi connectivity index (χ2v) is 6.48. The maximum atomic E-state index is 12.4. The third kappa shape index (κ3) is 4.22. The molecule has 1 aliphatic heterocycles. The number of piperidine rings is 1. The molecule has 0 bridgehead atoms. The molecule has 0 aromatic carbocycles. The number of pyridine rings is 1. The lowest BCUT2D eigenvalue weighted by molar-refractivity contribution is -0.126. The summed E-state index contributed by atoms with van der Waals surface area (Å²) in [7, 11) is 0. The van der Waals surface area contributed by atoms with Crippen LogP contribution in [0.5, 0.6) is 0 Å². The van der Waals surface area contributed by atoms with Gasteiger partial charge < -0.3 is 19.4 Å². The van der Waals surface area contributed by atoms with Crippen LogP contribution < -0.4 is 5.32 Å². The molecule has 25 heavy (non-hydrogen) atoms. The summed E-state index contributed by atoms with van der Waals surface area (Å²) in [5.41, 5.74) is 1.54. The first-order valence-corrected chi connectivity index (χ1v) is 8.77. The van der Waals surface area contributed by atoms with Crippen LogP contribution in [0.1, 0.15) is 25.5 Å². The molecule has 0 saturated carbocycles. The monoisotopic (exact) mass is 364 g/mol. The van der Waals surface area contributed by atoms with E-state index in [2.05, 4.69) is 10.3 Å². The Bertz CT molecular complexity index is 776. The molecule has 1 N–H and O–H groups in total. The predicted molar refractivity (Wildman–Crippen MR) is 93.4 cm³/mol. The number of carbonyl (C=O) groups excluding carboxylic acids is 2. The van der Waals surface area contributed by atoms with Crippen molar-refractivity contribution in [3.63, 3.8) is 0 Å². The Balaban J connectivity index is 1.56. The Kier molecular flexibility index (Phi) is 5.43. The molecule has 0 spiro atoms. The average molecular weight is 365 g/mol. The number of halogens is 1. The van der Waals surface area contributed by atoms with Gasteiger partial charge in [-0.3, -0.25) is 4.79 Å². The highest BCUT2D eigenvalue weighted by Crippen LogP contribution is 2.18. The minimum Gasteiger partial charge on any atom is -0.450 e. The van der Waals surface area contributed by atoms with Gasteiger partial charge in [-0.05, 0) is 31.9 Å². The summed E-state index contributed by atoms with van der Waals surface area (Å²) >= 11 is 5.96. The van der Waals surface area contributed by atoms with Crippen LogP contribution in [0.15, 0.2) is 24.5 Å². The number of rotatable bonds is 4. The number of amides is 2. The molecule has 0 radical (unpaired) electrons. The van der Waals surface area contributed by atoms with Crippen molar-refractivity contribution in [2.45, 2.75) is 26.3 Å². The Morgan fingerprint density at radius 2 is 2.24 bits per heavy atom. The van der Waals surface area contributed by atoms with Crippen LogP contribution in [-0.2, 0) is 16.1 Å². The molecule has 1 aliphatic rings. The zero-order chi connectivity index (χ0) is 17.8. The normalized spacial score (nSPS) is 17.5. The van der Waals surface area contributed by atoms with Crippen LogP contribution in [0.3, 0.4) is 0 Å². The van der Waals surface area contributed by atoms with E-state index in [-0.39, 0.29) is 17.9 Å². The van der Waals surface area contributed by atoms with Gasteiger partial charge in [0, 0.05) is 25.5 Å². The molecular weight excluding hydrogens is 344 g/mol. The molecule has 0 aliphatic carbocycles. The second kappa shape index (κ2) is 7.74. The van der Waals surface area contributed by atoms with Crippen molar-refractivity contribution >= 4 is 29.2 Å². The maximum Gasteiger partial charge on any atom is 0.409 e. The fourth-order valence-electron chi connectivity index (χ4n) is 3.00. The van der Waals surface area contributed by atoms with E-state index in [0.29, 0.717) is 31.3 Å². The molecule has 3 heterocycles. The third-order valence-corrected chi connectivity index (χ3v) is 4.45. The van der Waals surface area contributed by atoms with Crippen LogP contribution in [0, 0.1) is 5.92 Å². The number of fused-ring (bicyclic) bond motifs is 1. The van der Waals surface area contributed by atoms with Gasteiger partial charge in [0.25, 0.3) is 0 Å². The summed E-state index contributed by atoms with van der Waals surface area (Å²) in [4.78, 5) is 30.3. The highest BCUT2D eigenvalue weighted by atomic mass is 35.5. The standard InChI is InChI=1S/C17H21ClN4O3/c1-2-25-17(24)21-7-3-4-12(9-21)16(23)19-8-14-11-22-10-13(18)5-6-15(22)20-14/h5-6,10-12H,2-4,7-9H2,1H3,(H,19,23). The van der Waals surface area contributed by atoms with Crippen LogP contribution in [0.4, 0.5) is 4.79 Å². The zero-order valence-corrected chi connectivity index (χ0v) is 14.8. The fourth-order valence-corrected chi connectivity index (χ4v) is 3.16. The van der Waals surface area contributed by atoms with Crippen molar-refractivity contribution in [3.8, 4) is 0 Å². The van der Waals surface area contributed by atoms with Crippen LogP contribution >= 0.6 is 11.6 Å². The first-order chi connectivity index (χ1) is 12.1. The Morgan fingerprint density at radius 1 is 1.40 bits per heavy atom. The van der Waals surface area contributed by atoms with E-state index in [9.17, 15) is 9.59 Å². The molecule has 1 saturated heterocycles. The molecular formula is C17H21ClN4O3. The van der Waals surface area contributed by atoms with Crippen molar-refractivity contribution in [3.05, 3.63) is 35.2 Å². The highest BCUT2D eigenvalue weighted by molar-refractivity contribution is 6.30. The number of hydrogen-bond donors (Lipinski definition) is 1. The summed E-state index contributed by atoms with van der Waals surface area (Å²) in [6, 6.07) is 3.60. The summed E-state index contributed by atoms with van der Waals surface area (Å²) in [6.45, 7) is 3.48. The Labute approximate surface area is 150 Å². The van der Waals surface area contributed by atoms with Gasteiger partial charge in [0.2, 0.25) is 5.91 Å². The SMILES string of the molecule is CCOC(=O)N1CCCC(C(=O)NCc2cn3cc(Cl)ccc3n2)C1. The van der Waals surface area contributed by atoms with Gasteiger partial charge >= 0.3 is 6.09 Å². The van der Waals surface area contributed by atoms with Gasteiger partial charge in [-0.2, -0.15) is 0 Å². The molecule has 1 unspecified atom stereocenters. The van der Waals surface area contributed by atoms with Gasteiger partial charge in [-0.1, -0.05) is 11.6 Å². The minimum absolute atomic E-state index is 0.0657. The first-order valence-electron chi connectivity index (χ1n) is 8.39. The summed E-state index contributed by atoms with van der Waals surface area (Å²) < 4.78 is 6.84. The summed E-state index contributed by atoms with van der Waals surface area (Å²) in [5, 5.41) is 3.54. The first kappa shape index (κ1) is 17.5. The predicted octanol–water partition coefficient (Wildman–Crippen LogP) is 2.47. The van der Waals surface area contributed by atoms with Crippen molar-refractivity contribution < 1.29 is 14.3 Å². The summed E-state index contributed by atoms with van der Waals surface area (Å²) in [5.74, 6) is -0.284. The molecule has 2 aromatic rings. The Morgan fingerprint density at radius 3 is 3.04 bits per heavy atom. The third-order valence-electron chi connectivity index (χ3n) is 4.23. The van der Waals surface area contributed by atoms with Crippen molar-refractivity contribution in [2.24, 2.45) is 5.92 Å². The van der Waals surface area contributed by atoms with Gasteiger partial charge in [-0.25, -0.2) is 9.78 Å². The molecule has 1 fully saturated rings. The lowest BCUT2D eigenvalue weighted by atomic mass is 9.97. The molecule has 3 rings (SSSR count). The van der Waals surface area contributed by atoms with Gasteiger partial charge in [-0.15, -0.1) is 0 Å². The second-order valence-electron chi connectivity index (χ2n) is 6.05. The molecule has 8 heteroatoms. The van der Waals surface area contributed by atoms with E-state index in [0.717, 1.165) is 24.2 Å². The van der Waals surface area contributed by atoms with E-state index in [1.807, 2.05) is 16.7 Å². The van der Waals surface area contributed by atoms with Crippen molar-refractivity contribution in [1.82, 2.24) is 19.6 Å². The van der Waals surface area contributed by atoms with Crippen molar-refractivity contribution in [1.29, 1.82) is 0 Å². The average Bonchev–Trinajstić information content (AvgIpc) is 3.02. The van der Waals surface area contributed by atoms with E-state index >= 15 is 0 Å². The van der Waals surface area contributed by atoms with Gasteiger partial charge in [0.15, 0.2) is 0 Å². The topological polar surface area (TPSA) is 75.9 Å². The van der Waals surface area contributed by atoms with Crippen molar-refractivity contribution in [2.75, 3.05) is 19.7 Å². The zero-order valence-electron chi connectivity index (χ0n) is 14.1. The lowest BCUT2D eigenvalue weighted by Gasteiger charge is -2.31. The fraction of sp³-hybridized carbons (Fsp3) is 0.471. The number of carbonyl (C=O) groups is 2. The quantitative estimate of drug-likeness (QED) is 0.904. The number of likely N-dealkylation sites (tertiary alicyclic amines) is 1. The van der Waals surface area contributed by atoms with Crippen LogP contribution in [-0.4, -0.2) is 46.0 Å². The van der Waals surface area contributed by atoms with Crippen LogP contribution in [0.25, 0.3) is 5.65 Å². The summed E-state index contributed by atoms with van der Waals surface area (Å²) in [6.07, 6.45) is 4.82. The molecule has 7 nitrogen and oxygen atoms in total. The number of imidazole rings is 1. The molecule has 1 atom stereocenters. The smallest absolute Gasteiger partial charge is 0.409 e. The number of aromatic nitrogens is 2. The Hall–Kier alpha value is -2.28. The van der Waals surface area contributed by atoms with E-state index in [1.165, 1.54) is 0 Å². The number of nitrogens with one attached hydrogen (secondary N) is 1. The van der Waals surface area contributed by atoms with E-state index in [1.54, 1.807) is 24.1 Å². The molecule has 2 amide bonds. The number of hydrogen-bond acceptors (Lipinski definition) is 4. The maximum absolute atomic E-state index is 12.4. The van der Waals surface area contributed by atoms with Gasteiger partial charge in [0.05, 0.1) is 29.8 Å². The minimum atomic E-state index is -0.350. The van der Waals surface area contributed by atoms with E-state index in [4.69, 9.17) is 16.3 Å². The number of ether oxygens (including phenoxy) is 1. The molecule has 2 aromatic heterocycles. The van der Waals surface area contributed by atoms with Gasteiger partial charge in [0.1, 0.15) is 5.65 Å². The highest BCUT2D eigenvalue weighted by Gasteiger charge is 2.29. The largest absolute Gasteiger partial charge is 0.450 e. The van der Waals surface area contributed by atoms with E-state index < -0.39 is 0 Å². The lowest BCUT2D eigenvalue weighted by Crippen LogP contribution is -2.45.